The standard InChI is InChI=1S/C18H19ClN4O4S/c19-11-5-3-10(4-6-11)14-8-13(15(28-14)22-17(20)25)16(24)27-12-2-1-7-23(9-12)18(21)26/h3-6,8,12H,1-2,7,9H2,(H2,21,26)(H3,20,22,25). The molecule has 1 aromatic heterocycles. The molecule has 0 radical (unpaired) electrons. The van der Waals surface area contributed by atoms with Gasteiger partial charge in [0, 0.05) is 16.4 Å². The Morgan fingerprint density at radius 1 is 1.21 bits per heavy atom. The first kappa shape index (κ1) is 20.0. The molecule has 3 rings (SSSR count). The molecule has 0 bridgehead atoms. The van der Waals surface area contributed by atoms with Crippen LogP contribution in [0.5, 0.6) is 0 Å². The van der Waals surface area contributed by atoms with E-state index < -0.39 is 24.1 Å². The number of primary amides is 2. The highest BCUT2D eigenvalue weighted by molar-refractivity contribution is 7.20. The van der Waals surface area contributed by atoms with Crippen LogP contribution in [-0.4, -0.2) is 42.1 Å². The smallest absolute Gasteiger partial charge is 0.341 e. The lowest BCUT2D eigenvalue weighted by atomic mass is 10.1. The number of amides is 4. The molecule has 8 nitrogen and oxygen atoms in total. The molecule has 1 fully saturated rings. The van der Waals surface area contributed by atoms with Crippen LogP contribution in [0.4, 0.5) is 14.6 Å². The van der Waals surface area contributed by atoms with Gasteiger partial charge in [-0.3, -0.25) is 5.32 Å². The van der Waals surface area contributed by atoms with E-state index in [1.165, 1.54) is 16.2 Å². The van der Waals surface area contributed by atoms with Crippen LogP contribution < -0.4 is 16.8 Å². The summed E-state index contributed by atoms with van der Waals surface area (Å²) in [6.07, 6.45) is 0.851. The number of hydrogen-bond acceptors (Lipinski definition) is 5. The average molecular weight is 423 g/mol. The molecule has 2 aromatic rings. The number of carbonyl (C=O) groups is 3. The van der Waals surface area contributed by atoms with Gasteiger partial charge in [0.05, 0.1) is 12.1 Å². The molecule has 0 spiro atoms. The minimum absolute atomic E-state index is 0.199. The van der Waals surface area contributed by atoms with Crippen molar-refractivity contribution in [2.75, 3.05) is 18.4 Å². The lowest BCUT2D eigenvalue weighted by molar-refractivity contribution is 0.0129. The zero-order chi connectivity index (χ0) is 20.3. The molecule has 5 N–H and O–H groups in total. The van der Waals surface area contributed by atoms with Crippen LogP contribution in [0.25, 0.3) is 10.4 Å². The highest BCUT2D eigenvalue weighted by Crippen LogP contribution is 2.36. The Morgan fingerprint density at radius 3 is 2.57 bits per heavy atom. The predicted molar refractivity (Wildman–Crippen MR) is 108 cm³/mol. The van der Waals surface area contributed by atoms with Gasteiger partial charge in [-0.2, -0.15) is 0 Å². The topological polar surface area (TPSA) is 128 Å². The summed E-state index contributed by atoms with van der Waals surface area (Å²) >= 11 is 7.12. The van der Waals surface area contributed by atoms with Crippen LogP contribution in [0.3, 0.4) is 0 Å². The van der Waals surface area contributed by atoms with Gasteiger partial charge >= 0.3 is 18.0 Å². The fraction of sp³-hybridized carbons (Fsp3) is 0.278. The van der Waals surface area contributed by atoms with E-state index in [1.807, 2.05) is 12.1 Å². The van der Waals surface area contributed by atoms with E-state index in [9.17, 15) is 14.4 Å². The summed E-state index contributed by atoms with van der Waals surface area (Å²) in [7, 11) is 0. The maximum Gasteiger partial charge on any atom is 0.341 e. The summed E-state index contributed by atoms with van der Waals surface area (Å²) < 4.78 is 5.55. The largest absolute Gasteiger partial charge is 0.457 e. The number of nitrogens with one attached hydrogen (secondary N) is 1. The van der Waals surface area contributed by atoms with Crippen LogP contribution in [0, 0.1) is 0 Å². The Bertz CT molecular complexity index is 899. The van der Waals surface area contributed by atoms with Crippen molar-refractivity contribution < 1.29 is 19.1 Å². The number of nitrogens with zero attached hydrogens (tertiary/aromatic N) is 1. The highest BCUT2D eigenvalue weighted by Gasteiger charge is 2.27. The van der Waals surface area contributed by atoms with Gasteiger partial charge in [0.15, 0.2) is 0 Å². The third-order valence-corrected chi connectivity index (χ3v) is 5.63. The van der Waals surface area contributed by atoms with Crippen molar-refractivity contribution in [1.29, 1.82) is 0 Å². The molecule has 1 atom stereocenters. The number of esters is 1. The summed E-state index contributed by atoms with van der Waals surface area (Å²) in [4.78, 5) is 37.6. The van der Waals surface area contributed by atoms with Gasteiger partial charge in [0.2, 0.25) is 0 Å². The van der Waals surface area contributed by atoms with Crippen molar-refractivity contribution in [2.45, 2.75) is 18.9 Å². The summed E-state index contributed by atoms with van der Waals surface area (Å²) in [6.45, 7) is 0.783. The molecular formula is C18H19ClN4O4S. The number of piperidine rings is 1. The molecule has 4 amide bonds. The number of thiophene rings is 1. The molecule has 28 heavy (non-hydrogen) atoms. The number of carbonyl (C=O) groups excluding carboxylic acids is 3. The molecule has 0 aliphatic carbocycles. The molecule has 148 valence electrons. The Morgan fingerprint density at radius 2 is 1.93 bits per heavy atom. The van der Waals surface area contributed by atoms with E-state index in [2.05, 4.69) is 5.32 Å². The molecule has 2 heterocycles. The number of likely N-dealkylation sites (tertiary alicyclic amines) is 1. The van der Waals surface area contributed by atoms with Gasteiger partial charge < -0.3 is 21.1 Å². The number of rotatable bonds is 4. The third kappa shape index (κ3) is 4.73. The summed E-state index contributed by atoms with van der Waals surface area (Å²) in [5, 5.41) is 3.35. The van der Waals surface area contributed by atoms with E-state index in [-0.39, 0.29) is 12.1 Å². The maximum atomic E-state index is 12.7. The first-order valence-corrected chi connectivity index (χ1v) is 9.74. The van der Waals surface area contributed by atoms with Crippen molar-refractivity contribution in [3.05, 3.63) is 40.9 Å². The van der Waals surface area contributed by atoms with E-state index >= 15 is 0 Å². The number of hydrogen-bond donors (Lipinski definition) is 3. The molecule has 1 saturated heterocycles. The third-order valence-electron chi connectivity index (χ3n) is 4.28. The number of urea groups is 2. The van der Waals surface area contributed by atoms with Crippen LogP contribution in [0.15, 0.2) is 30.3 Å². The van der Waals surface area contributed by atoms with Gasteiger partial charge in [0.1, 0.15) is 11.1 Å². The summed E-state index contributed by atoms with van der Waals surface area (Å²) in [5.74, 6) is -0.600. The van der Waals surface area contributed by atoms with Gasteiger partial charge in [-0.25, -0.2) is 14.4 Å². The first-order chi connectivity index (χ1) is 13.3. The number of nitrogens with two attached hydrogens (primary N) is 2. The second-order valence-electron chi connectivity index (χ2n) is 6.30. The van der Waals surface area contributed by atoms with Crippen molar-refractivity contribution in [1.82, 2.24) is 4.90 Å². The van der Waals surface area contributed by atoms with Crippen LogP contribution in [-0.2, 0) is 4.74 Å². The zero-order valence-electron chi connectivity index (χ0n) is 14.8. The Labute approximate surface area is 170 Å². The van der Waals surface area contributed by atoms with Crippen molar-refractivity contribution in [2.24, 2.45) is 11.5 Å². The van der Waals surface area contributed by atoms with Crippen molar-refractivity contribution >= 4 is 46.0 Å². The van der Waals surface area contributed by atoms with Crippen molar-refractivity contribution in [3.8, 4) is 10.4 Å². The van der Waals surface area contributed by atoms with Gasteiger partial charge in [-0.1, -0.05) is 23.7 Å². The van der Waals surface area contributed by atoms with Crippen molar-refractivity contribution in [3.63, 3.8) is 0 Å². The number of anilines is 1. The summed E-state index contributed by atoms with van der Waals surface area (Å²) in [6, 6.07) is 7.39. The second kappa shape index (κ2) is 8.49. The van der Waals surface area contributed by atoms with Crippen LogP contribution in [0.2, 0.25) is 5.02 Å². The Hall–Kier alpha value is -2.78. The first-order valence-electron chi connectivity index (χ1n) is 8.55. The van der Waals surface area contributed by atoms with E-state index in [0.29, 0.717) is 29.4 Å². The molecule has 1 unspecified atom stereocenters. The monoisotopic (exact) mass is 422 g/mol. The fourth-order valence-electron chi connectivity index (χ4n) is 2.95. The van der Waals surface area contributed by atoms with Gasteiger partial charge in [0.25, 0.3) is 0 Å². The number of benzene rings is 1. The Balaban J connectivity index is 1.82. The lowest BCUT2D eigenvalue weighted by Gasteiger charge is -2.31. The lowest BCUT2D eigenvalue weighted by Crippen LogP contribution is -2.46. The normalized spacial score (nSPS) is 16.5. The average Bonchev–Trinajstić information content (AvgIpc) is 3.05. The minimum Gasteiger partial charge on any atom is -0.457 e. The highest BCUT2D eigenvalue weighted by atomic mass is 35.5. The predicted octanol–water partition coefficient (Wildman–Crippen LogP) is 3.26. The zero-order valence-corrected chi connectivity index (χ0v) is 16.4. The summed E-state index contributed by atoms with van der Waals surface area (Å²) in [5.41, 5.74) is 11.6. The van der Waals surface area contributed by atoms with Gasteiger partial charge in [-0.15, -0.1) is 11.3 Å². The Kier molecular flexibility index (Phi) is 6.05. The van der Waals surface area contributed by atoms with E-state index in [0.717, 1.165) is 10.4 Å². The minimum atomic E-state index is -0.781. The van der Waals surface area contributed by atoms with Crippen LogP contribution >= 0.6 is 22.9 Å². The van der Waals surface area contributed by atoms with E-state index in [4.69, 9.17) is 27.8 Å². The quantitative estimate of drug-likeness (QED) is 0.653. The molecular weight excluding hydrogens is 404 g/mol. The number of ether oxygens (including phenoxy) is 1. The SMILES string of the molecule is NC(=O)Nc1sc(-c2ccc(Cl)cc2)cc1C(=O)OC1CCCN(C(N)=O)C1. The van der Waals surface area contributed by atoms with E-state index in [1.54, 1.807) is 18.2 Å². The fourth-order valence-corrected chi connectivity index (χ4v) is 4.13. The molecule has 10 heteroatoms. The molecule has 0 saturated carbocycles. The number of halogens is 1. The molecule has 1 aromatic carbocycles. The second-order valence-corrected chi connectivity index (χ2v) is 7.79. The maximum absolute atomic E-state index is 12.7. The van der Waals surface area contributed by atoms with Gasteiger partial charge in [-0.05, 0) is 36.6 Å². The molecule has 1 aliphatic rings. The van der Waals surface area contributed by atoms with Crippen LogP contribution in [0.1, 0.15) is 23.2 Å². The molecule has 1 aliphatic heterocycles.